The number of carbonyl (C=O) groups excluding carboxylic acids is 1. The lowest BCUT2D eigenvalue weighted by Crippen LogP contribution is -2.46. The van der Waals surface area contributed by atoms with Crippen LogP contribution in [0.25, 0.3) is 0 Å². The third-order valence-corrected chi connectivity index (χ3v) is 3.14. The van der Waals surface area contributed by atoms with Crippen molar-refractivity contribution in [3.8, 4) is 0 Å². The Morgan fingerprint density at radius 1 is 1.38 bits per heavy atom. The average molecular weight is 184 g/mol. The van der Waals surface area contributed by atoms with Gasteiger partial charge in [0, 0.05) is 12.8 Å². The van der Waals surface area contributed by atoms with Gasteiger partial charge in [0.2, 0.25) is 0 Å². The van der Waals surface area contributed by atoms with Gasteiger partial charge in [-0.05, 0) is 12.8 Å². The number of hydrogen-bond donors (Lipinski definition) is 0. The molecule has 3 atom stereocenters. The number of fused-ring (bicyclic) bond motifs is 3. The Balaban J connectivity index is 1.86. The van der Waals surface area contributed by atoms with Crippen molar-refractivity contribution in [3.63, 3.8) is 0 Å². The van der Waals surface area contributed by atoms with Gasteiger partial charge in [0.05, 0.1) is 12.7 Å². The molecular formula is C9H12O4. The summed E-state index contributed by atoms with van der Waals surface area (Å²) >= 11 is 0. The first kappa shape index (κ1) is 7.76. The molecule has 3 unspecified atom stereocenters. The highest BCUT2D eigenvalue weighted by Gasteiger charge is 2.54. The van der Waals surface area contributed by atoms with Crippen molar-refractivity contribution >= 4 is 5.97 Å². The molecule has 2 bridgehead atoms. The summed E-state index contributed by atoms with van der Waals surface area (Å²) in [4.78, 5) is 11.1. The zero-order valence-electron chi connectivity index (χ0n) is 7.32. The second-order valence-electron chi connectivity index (χ2n) is 4.00. The molecule has 3 aliphatic heterocycles. The molecule has 0 aromatic rings. The number of esters is 1. The van der Waals surface area contributed by atoms with Crippen molar-refractivity contribution in [1.82, 2.24) is 0 Å². The molecule has 4 heteroatoms. The van der Waals surface area contributed by atoms with Crippen LogP contribution in [-0.4, -0.2) is 30.6 Å². The van der Waals surface area contributed by atoms with E-state index in [1.807, 2.05) is 0 Å². The summed E-state index contributed by atoms with van der Waals surface area (Å²) in [6, 6.07) is 0. The minimum Gasteiger partial charge on any atom is -0.454 e. The summed E-state index contributed by atoms with van der Waals surface area (Å²) in [5.74, 6) is -0.113. The number of hydrogen-bond acceptors (Lipinski definition) is 4. The third-order valence-electron chi connectivity index (χ3n) is 3.14. The van der Waals surface area contributed by atoms with E-state index < -0.39 is 5.60 Å². The standard InChI is InChI=1S/C9H12O4/c10-7-2-4-9(13-7)3-1-6-5-11-8(9)12-6/h6,8H,1-5H2. The highest BCUT2D eigenvalue weighted by molar-refractivity contribution is 5.72. The Morgan fingerprint density at radius 3 is 3.08 bits per heavy atom. The summed E-state index contributed by atoms with van der Waals surface area (Å²) < 4.78 is 16.4. The maximum atomic E-state index is 11.1. The van der Waals surface area contributed by atoms with Gasteiger partial charge < -0.3 is 14.2 Å². The first-order chi connectivity index (χ1) is 6.28. The van der Waals surface area contributed by atoms with Crippen LogP contribution in [0.1, 0.15) is 25.7 Å². The fraction of sp³-hybridized carbons (Fsp3) is 0.889. The highest BCUT2D eigenvalue weighted by Crippen LogP contribution is 2.43. The van der Waals surface area contributed by atoms with Gasteiger partial charge in [0.25, 0.3) is 0 Å². The van der Waals surface area contributed by atoms with Crippen LogP contribution >= 0.6 is 0 Å². The van der Waals surface area contributed by atoms with E-state index >= 15 is 0 Å². The van der Waals surface area contributed by atoms with Crippen molar-refractivity contribution in [2.24, 2.45) is 0 Å². The first-order valence-corrected chi connectivity index (χ1v) is 4.77. The van der Waals surface area contributed by atoms with Gasteiger partial charge in [-0.1, -0.05) is 0 Å². The molecular weight excluding hydrogens is 172 g/mol. The second kappa shape index (κ2) is 2.45. The van der Waals surface area contributed by atoms with Crippen LogP contribution in [0.2, 0.25) is 0 Å². The maximum Gasteiger partial charge on any atom is 0.306 e. The molecule has 3 saturated heterocycles. The molecule has 0 saturated carbocycles. The summed E-state index contributed by atoms with van der Waals surface area (Å²) in [5.41, 5.74) is -0.440. The maximum absolute atomic E-state index is 11.1. The van der Waals surface area contributed by atoms with Crippen LogP contribution in [-0.2, 0) is 19.0 Å². The molecule has 3 aliphatic rings. The van der Waals surface area contributed by atoms with Crippen molar-refractivity contribution in [1.29, 1.82) is 0 Å². The smallest absolute Gasteiger partial charge is 0.306 e. The van der Waals surface area contributed by atoms with Crippen molar-refractivity contribution in [3.05, 3.63) is 0 Å². The third kappa shape index (κ3) is 1.02. The van der Waals surface area contributed by atoms with Gasteiger partial charge in [0.1, 0.15) is 0 Å². The molecule has 3 rings (SSSR count). The van der Waals surface area contributed by atoms with Crippen LogP contribution in [0.4, 0.5) is 0 Å². The number of carbonyl (C=O) groups is 1. The highest BCUT2D eigenvalue weighted by atomic mass is 16.7. The fourth-order valence-electron chi connectivity index (χ4n) is 2.38. The van der Waals surface area contributed by atoms with Crippen molar-refractivity contribution < 1.29 is 19.0 Å². The normalized spacial score (nSPS) is 48.5. The summed E-state index contributed by atoms with van der Waals surface area (Å²) in [6.45, 7) is 0.657. The van der Waals surface area contributed by atoms with E-state index in [-0.39, 0.29) is 18.4 Å². The molecule has 4 nitrogen and oxygen atoms in total. The molecule has 0 N–H and O–H groups in total. The van der Waals surface area contributed by atoms with Crippen molar-refractivity contribution in [2.45, 2.75) is 43.7 Å². The molecule has 1 spiro atoms. The molecule has 72 valence electrons. The van der Waals surface area contributed by atoms with E-state index in [1.165, 1.54) is 0 Å². The Bertz CT molecular complexity index is 252. The Morgan fingerprint density at radius 2 is 2.31 bits per heavy atom. The summed E-state index contributed by atoms with van der Waals surface area (Å²) in [7, 11) is 0. The number of ether oxygens (including phenoxy) is 3. The quantitative estimate of drug-likeness (QED) is 0.517. The van der Waals surface area contributed by atoms with Gasteiger partial charge >= 0.3 is 5.97 Å². The molecule has 13 heavy (non-hydrogen) atoms. The molecule has 0 amide bonds. The van der Waals surface area contributed by atoms with E-state index in [0.717, 1.165) is 19.3 Å². The first-order valence-electron chi connectivity index (χ1n) is 4.77. The van der Waals surface area contributed by atoms with Crippen LogP contribution in [0.5, 0.6) is 0 Å². The summed E-state index contributed by atoms with van der Waals surface area (Å²) in [6.07, 6.45) is 3.04. The van der Waals surface area contributed by atoms with Gasteiger partial charge in [0.15, 0.2) is 11.9 Å². The molecule has 0 radical (unpaired) electrons. The van der Waals surface area contributed by atoms with E-state index in [4.69, 9.17) is 14.2 Å². The largest absolute Gasteiger partial charge is 0.454 e. The van der Waals surface area contributed by atoms with Gasteiger partial charge in [-0.25, -0.2) is 0 Å². The predicted molar refractivity (Wildman–Crippen MR) is 41.9 cm³/mol. The van der Waals surface area contributed by atoms with Crippen LogP contribution < -0.4 is 0 Å². The van der Waals surface area contributed by atoms with Crippen LogP contribution in [0, 0.1) is 0 Å². The Kier molecular flexibility index (Phi) is 1.46. The Labute approximate surface area is 76.1 Å². The molecule has 0 aliphatic carbocycles. The zero-order chi connectivity index (χ0) is 8.89. The zero-order valence-corrected chi connectivity index (χ0v) is 7.32. The summed E-state index contributed by atoms with van der Waals surface area (Å²) in [5, 5.41) is 0. The van der Waals surface area contributed by atoms with Crippen molar-refractivity contribution in [2.75, 3.05) is 6.61 Å². The van der Waals surface area contributed by atoms with E-state index in [0.29, 0.717) is 13.0 Å². The fourth-order valence-corrected chi connectivity index (χ4v) is 2.38. The van der Waals surface area contributed by atoms with E-state index in [1.54, 1.807) is 0 Å². The van der Waals surface area contributed by atoms with Gasteiger partial charge in [-0.15, -0.1) is 0 Å². The van der Waals surface area contributed by atoms with Gasteiger partial charge in [-0.3, -0.25) is 4.79 Å². The van der Waals surface area contributed by atoms with Crippen LogP contribution in [0.3, 0.4) is 0 Å². The predicted octanol–water partition coefficient (Wildman–Crippen LogP) is 0.597. The van der Waals surface area contributed by atoms with E-state index in [9.17, 15) is 4.79 Å². The lowest BCUT2D eigenvalue weighted by atomic mass is 9.91. The van der Waals surface area contributed by atoms with Gasteiger partial charge in [-0.2, -0.15) is 0 Å². The lowest BCUT2D eigenvalue weighted by molar-refractivity contribution is -0.216. The van der Waals surface area contributed by atoms with Crippen LogP contribution in [0.15, 0.2) is 0 Å². The topological polar surface area (TPSA) is 44.8 Å². The monoisotopic (exact) mass is 184 g/mol. The second-order valence-corrected chi connectivity index (χ2v) is 4.00. The Hall–Kier alpha value is -0.610. The molecule has 0 aromatic heterocycles. The molecule has 3 heterocycles. The lowest BCUT2D eigenvalue weighted by Gasteiger charge is -2.35. The minimum absolute atomic E-state index is 0.113. The average Bonchev–Trinajstić information content (AvgIpc) is 2.66. The number of rotatable bonds is 0. The SMILES string of the molecule is O=C1CCC2(CCC3COC2O3)O1. The minimum atomic E-state index is -0.440. The molecule has 3 fully saturated rings. The molecule has 0 aromatic carbocycles. The van der Waals surface area contributed by atoms with E-state index in [2.05, 4.69) is 0 Å².